The Morgan fingerprint density at radius 3 is 2.55 bits per heavy atom. The zero-order valence-corrected chi connectivity index (χ0v) is 24.4. The molecule has 2 amide bonds. The molecule has 214 valence electrons. The Labute approximate surface area is 242 Å². The molecule has 0 spiro atoms. The molecule has 0 atom stereocenters. The van der Waals surface area contributed by atoms with Gasteiger partial charge in [0.05, 0.1) is 23.9 Å². The van der Waals surface area contributed by atoms with Crippen LogP contribution in [-0.2, 0) is 16.0 Å². The number of aromatic nitrogens is 3. The molecule has 9 nitrogen and oxygen atoms in total. The summed E-state index contributed by atoms with van der Waals surface area (Å²) in [4.78, 5) is 30.2. The van der Waals surface area contributed by atoms with E-state index >= 15 is 0 Å². The van der Waals surface area contributed by atoms with Crippen LogP contribution in [0.5, 0.6) is 5.75 Å². The van der Waals surface area contributed by atoms with Crippen molar-refractivity contribution in [2.75, 3.05) is 25.0 Å². The van der Waals surface area contributed by atoms with E-state index in [0.717, 1.165) is 24.0 Å². The largest absolute Gasteiger partial charge is 0.489 e. The molecular weight excluding hydrogens is 560 g/mol. The van der Waals surface area contributed by atoms with Crippen molar-refractivity contribution in [3.63, 3.8) is 0 Å². The minimum atomic E-state index is -0.559. The molecule has 2 aromatic heterocycles. The zero-order valence-electron chi connectivity index (χ0n) is 22.8. The molecule has 12 heteroatoms. The van der Waals surface area contributed by atoms with Crippen LogP contribution in [0.1, 0.15) is 52.1 Å². The summed E-state index contributed by atoms with van der Waals surface area (Å²) in [6.45, 7) is 8.23. The van der Waals surface area contributed by atoms with Crippen molar-refractivity contribution in [2.24, 2.45) is 0 Å². The van der Waals surface area contributed by atoms with Crippen LogP contribution in [0.25, 0.3) is 11.1 Å². The highest BCUT2D eigenvalue weighted by Crippen LogP contribution is 2.32. The van der Waals surface area contributed by atoms with Crippen LogP contribution in [0.3, 0.4) is 0 Å². The molecule has 1 aliphatic heterocycles. The van der Waals surface area contributed by atoms with Gasteiger partial charge in [-0.3, -0.25) is 9.48 Å². The van der Waals surface area contributed by atoms with Gasteiger partial charge in [0.15, 0.2) is 11.6 Å². The van der Waals surface area contributed by atoms with Crippen molar-refractivity contribution < 1.29 is 23.5 Å². The summed E-state index contributed by atoms with van der Waals surface area (Å²) < 4.78 is 27.2. The Kier molecular flexibility index (Phi) is 9.20. The average molecular weight is 592 g/mol. The Bertz CT molecular complexity index is 1380. The monoisotopic (exact) mass is 591 g/mol. The quantitative estimate of drug-likeness (QED) is 0.313. The number of nitrogens with zero attached hydrogens (tertiary/aromatic N) is 4. The van der Waals surface area contributed by atoms with Gasteiger partial charge in [-0.05, 0) is 57.4 Å². The van der Waals surface area contributed by atoms with E-state index in [-0.39, 0.29) is 41.9 Å². The Hall–Kier alpha value is -3.37. The first-order valence-electron chi connectivity index (χ1n) is 13.0. The van der Waals surface area contributed by atoms with E-state index in [1.54, 1.807) is 23.4 Å². The fourth-order valence-electron chi connectivity index (χ4n) is 4.36. The highest BCUT2D eigenvalue weighted by molar-refractivity contribution is 6.36. The van der Waals surface area contributed by atoms with Crippen molar-refractivity contribution in [1.82, 2.24) is 19.7 Å². The van der Waals surface area contributed by atoms with Crippen molar-refractivity contribution in [1.29, 1.82) is 0 Å². The number of benzene rings is 1. The lowest BCUT2D eigenvalue weighted by Gasteiger charge is -2.33. The molecule has 3 heterocycles. The summed E-state index contributed by atoms with van der Waals surface area (Å²) in [6.07, 6.45) is 6.75. The number of likely N-dealkylation sites (tertiary alicyclic amines) is 1. The predicted octanol–water partition coefficient (Wildman–Crippen LogP) is 6.54. The number of amides is 2. The molecule has 1 N–H and O–H groups in total. The van der Waals surface area contributed by atoms with Gasteiger partial charge in [-0.1, -0.05) is 23.2 Å². The number of piperidine rings is 1. The number of rotatable bonds is 7. The first kappa shape index (κ1) is 29.6. The van der Waals surface area contributed by atoms with Gasteiger partial charge in [-0.25, -0.2) is 14.2 Å². The smallest absolute Gasteiger partial charge is 0.410 e. The van der Waals surface area contributed by atoms with Crippen molar-refractivity contribution >= 4 is 41.0 Å². The molecule has 1 aromatic carbocycles. The zero-order chi connectivity index (χ0) is 29.0. The minimum absolute atomic E-state index is 0.0468. The Morgan fingerprint density at radius 2 is 1.88 bits per heavy atom. The van der Waals surface area contributed by atoms with Crippen LogP contribution in [0.2, 0.25) is 10.0 Å². The third-order valence-corrected chi connectivity index (χ3v) is 7.08. The van der Waals surface area contributed by atoms with Crippen LogP contribution >= 0.6 is 23.2 Å². The molecule has 0 unspecified atom stereocenters. The van der Waals surface area contributed by atoms with Gasteiger partial charge in [-0.15, -0.1) is 0 Å². The van der Waals surface area contributed by atoms with Crippen LogP contribution in [0.4, 0.5) is 15.0 Å². The van der Waals surface area contributed by atoms with Crippen molar-refractivity contribution in [3.8, 4) is 16.9 Å². The number of pyridine rings is 1. The van der Waals surface area contributed by atoms with E-state index in [1.165, 1.54) is 19.1 Å². The molecule has 0 radical (unpaired) electrons. The molecule has 0 aliphatic carbocycles. The lowest BCUT2D eigenvalue weighted by Crippen LogP contribution is -2.42. The summed E-state index contributed by atoms with van der Waals surface area (Å²) >= 11 is 12.3. The molecular formula is C28H32Cl2FN5O4. The van der Waals surface area contributed by atoms with E-state index in [2.05, 4.69) is 15.4 Å². The number of ether oxygens (including phenoxy) is 2. The maximum Gasteiger partial charge on any atom is 0.410 e. The van der Waals surface area contributed by atoms with Crippen LogP contribution in [0, 0.1) is 5.82 Å². The van der Waals surface area contributed by atoms with Crippen molar-refractivity contribution in [2.45, 2.75) is 58.6 Å². The molecule has 0 bridgehead atoms. The molecule has 1 fully saturated rings. The Morgan fingerprint density at radius 1 is 1.15 bits per heavy atom. The molecule has 1 saturated heterocycles. The SMILES string of the molecule is CC(=O)Nc1ncc(-c2cnn(C3CCN(C(=O)OC(C)(C)C)CC3)c2)cc1OCCc1c(Cl)ccc(F)c1Cl. The Balaban J connectivity index is 1.45. The van der Waals surface area contributed by atoms with E-state index in [4.69, 9.17) is 32.7 Å². The van der Waals surface area contributed by atoms with Gasteiger partial charge < -0.3 is 19.7 Å². The highest BCUT2D eigenvalue weighted by atomic mass is 35.5. The van der Waals surface area contributed by atoms with Gasteiger partial charge in [0.25, 0.3) is 0 Å². The number of carbonyl (C=O) groups excluding carboxylic acids is 2. The number of hydrogen-bond donors (Lipinski definition) is 1. The lowest BCUT2D eigenvalue weighted by atomic mass is 10.1. The average Bonchev–Trinajstić information content (AvgIpc) is 3.38. The first-order chi connectivity index (χ1) is 18.9. The van der Waals surface area contributed by atoms with Crippen LogP contribution in [0.15, 0.2) is 36.8 Å². The number of hydrogen-bond acceptors (Lipinski definition) is 6. The standard InChI is InChI=1S/C28H32Cl2FN5O4/c1-17(37)34-26-24(39-12-9-21-22(29)5-6-23(31)25(21)30)13-18(14-32-26)19-15-33-36(16-19)20-7-10-35(11-8-20)27(38)40-28(2,3)4/h5-6,13-16,20H,7-12H2,1-4H3,(H,32,34,37). The fraction of sp³-hybridized carbons (Fsp3) is 0.429. The fourth-order valence-corrected chi connectivity index (χ4v) is 4.92. The lowest BCUT2D eigenvalue weighted by molar-refractivity contribution is -0.114. The van der Waals surface area contributed by atoms with E-state index in [9.17, 15) is 14.0 Å². The maximum absolute atomic E-state index is 13.9. The van der Waals surface area contributed by atoms with E-state index in [1.807, 2.05) is 31.6 Å². The predicted molar refractivity (Wildman–Crippen MR) is 151 cm³/mol. The second-order valence-corrected chi connectivity index (χ2v) is 11.4. The van der Waals surface area contributed by atoms with Gasteiger partial charge >= 0.3 is 6.09 Å². The number of nitrogens with one attached hydrogen (secondary N) is 1. The summed E-state index contributed by atoms with van der Waals surface area (Å²) in [6, 6.07) is 4.55. The van der Waals surface area contributed by atoms with Crippen LogP contribution < -0.4 is 10.1 Å². The topological polar surface area (TPSA) is 98.6 Å². The molecule has 3 aromatic rings. The number of anilines is 1. The normalized spacial score (nSPS) is 14.2. The first-order valence-corrected chi connectivity index (χ1v) is 13.7. The summed E-state index contributed by atoms with van der Waals surface area (Å²) in [7, 11) is 0. The second kappa shape index (κ2) is 12.4. The molecule has 0 saturated carbocycles. The van der Waals surface area contributed by atoms with Gasteiger partial charge in [0.1, 0.15) is 11.4 Å². The second-order valence-electron chi connectivity index (χ2n) is 10.6. The molecule has 1 aliphatic rings. The summed E-state index contributed by atoms with van der Waals surface area (Å²) in [5.41, 5.74) is 1.46. The van der Waals surface area contributed by atoms with Crippen LogP contribution in [-0.4, -0.2) is 57.0 Å². The minimum Gasteiger partial charge on any atom is -0.489 e. The molecule has 4 rings (SSSR count). The van der Waals surface area contributed by atoms with Gasteiger partial charge in [0, 0.05) is 55.0 Å². The number of halogens is 3. The third-order valence-electron chi connectivity index (χ3n) is 6.32. The number of carbonyl (C=O) groups is 2. The summed E-state index contributed by atoms with van der Waals surface area (Å²) in [5, 5.41) is 7.51. The summed E-state index contributed by atoms with van der Waals surface area (Å²) in [5.74, 6) is -0.257. The van der Waals surface area contributed by atoms with Crippen molar-refractivity contribution in [3.05, 3.63) is 58.2 Å². The third kappa shape index (κ3) is 7.42. The molecule has 40 heavy (non-hydrogen) atoms. The maximum atomic E-state index is 13.9. The highest BCUT2D eigenvalue weighted by Gasteiger charge is 2.28. The van der Waals surface area contributed by atoms with Gasteiger partial charge in [-0.2, -0.15) is 5.10 Å². The van der Waals surface area contributed by atoms with Gasteiger partial charge in [0.2, 0.25) is 5.91 Å². The van der Waals surface area contributed by atoms with E-state index < -0.39 is 11.4 Å². The van der Waals surface area contributed by atoms with E-state index in [0.29, 0.717) is 29.4 Å².